The largest absolute Gasteiger partial charge is 0.392 e. The molecule has 2 unspecified atom stereocenters. The van der Waals surface area contributed by atoms with Crippen LogP contribution >= 0.6 is 0 Å². The van der Waals surface area contributed by atoms with Crippen molar-refractivity contribution in [3.05, 3.63) is 36.7 Å². The Kier molecular flexibility index (Phi) is 3.15. The molecule has 1 aromatic carbocycles. The van der Waals surface area contributed by atoms with Crippen molar-refractivity contribution in [3.63, 3.8) is 0 Å². The lowest BCUT2D eigenvalue weighted by atomic mass is 10.1. The van der Waals surface area contributed by atoms with Crippen molar-refractivity contribution in [2.24, 2.45) is 0 Å². The first kappa shape index (κ1) is 12.1. The molecule has 2 atom stereocenters. The first-order valence-corrected chi connectivity index (χ1v) is 6.29. The van der Waals surface area contributed by atoms with Gasteiger partial charge in [-0.15, -0.1) is 0 Å². The molecule has 0 spiro atoms. The minimum absolute atomic E-state index is 0.118. The second kappa shape index (κ2) is 4.95. The van der Waals surface area contributed by atoms with Gasteiger partial charge < -0.3 is 15.7 Å². The number of carbonyl (C=O) groups excluding carboxylic acids is 1. The van der Waals surface area contributed by atoms with Gasteiger partial charge in [-0.2, -0.15) is 0 Å². The SMILES string of the molecule is O=C(Nc1cccc2ccncc12)C1CC(O)CN1. The van der Waals surface area contributed by atoms with Gasteiger partial charge >= 0.3 is 0 Å². The molecular weight excluding hydrogens is 242 g/mol. The van der Waals surface area contributed by atoms with E-state index in [9.17, 15) is 9.90 Å². The Bertz CT molecular complexity index is 609. The first-order chi connectivity index (χ1) is 9.24. The standard InChI is InChI=1S/C14H15N3O2/c18-10-6-13(16-7-10)14(19)17-12-3-1-2-9-4-5-15-8-11(9)12/h1-5,8,10,13,16,18H,6-7H2,(H,17,19). The summed E-state index contributed by atoms with van der Waals surface area (Å²) in [6.07, 6.45) is 3.48. The van der Waals surface area contributed by atoms with Gasteiger partial charge in [-0.05, 0) is 23.9 Å². The van der Waals surface area contributed by atoms with Crippen molar-refractivity contribution < 1.29 is 9.90 Å². The van der Waals surface area contributed by atoms with Crippen LogP contribution in [-0.2, 0) is 4.79 Å². The molecule has 5 nitrogen and oxygen atoms in total. The topological polar surface area (TPSA) is 74.2 Å². The molecule has 5 heteroatoms. The molecule has 19 heavy (non-hydrogen) atoms. The van der Waals surface area contributed by atoms with E-state index in [1.165, 1.54) is 0 Å². The maximum atomic E-state index is 12.1. The molecule has 2 aromatic rings. The van der Waals surface area contributed by atoms with Crippen molar-refractivity contribution in [1.29, 1.82) is 0 Å². The molecule has 1 aromatic heterocycles. The van der Waals surface area contributed by atoms with E-state index >= 15 is 0 Å². The van der Waals surface area contributed by atoms with Crippen LogP contribution in [-0.4, -0.2) is 34.7 Å². The molecule has 0 radical (unpaired) electrons. The van der Waals surface area contributed by atoms with Gasteiger partial charge in [0.2, 0.25) is 5.91 Å². The normalized spacial score (nSPS) is 22.6. The fourth-order valence-electron chi connectivity index (χ4n) is 2.36. The van der Waals surface area contributed by atoms with Crippen molar-refractivity contribution in [1.82, 2.24) is 10.3 Å². The highest BCUT2D eigenvalue weighted by atomic mass is 16.3. The third kappa shape index (κ3) is 2.43. The molecular formula is C14H15N3O2. The second-order valence-corrected chi connectivity index (χ2v) is 4.74. The molecule has 98 valence electrons. The minimum atomic E-state index is -0.440. The Balaban J connectivity index is 1.83. The zero-order valence-electron chi connectivity index (χ0n) is 10.3. The number of carbonyl (C=O) groups is 1. The van der Waals surface area contributed by atoms with Gasteiger partial charge in [0.1, 0.15) is 0 Å². The van der Waals surface area contributed by atoms with Crippen molar-refractivity contribution >= 4 is 22.4 Å². The quantitative estimate of drug-likeness (QED) is 0.747. The number of amides is 1. The van der Waals surface area contributed by atoms with Crippen LogP contribution in [0.4, 0.5) is 5.69 Å². The Hall–Kier alpha value is -1.98. The van der Waals surface area contributed by atoms with Crippen molar-refractivity contribution in [2.45, 2.75) is 18.6 Å². The number of pyridine rings is 1. The van der Waals surface area contributed by atoms with Crippen LogP contribution in [0.3, 0.4) is 0 Å². The Morgan fingerprint density at radius 1 is 1.42 bits per heavy atom. The van der Waals surface area contributed by atoms with E-state index in [4.69, 9.17) is 0 Å². The summed E-state index contributed by atoms with van der Waals surface area (Å²) < 4.78 is 0. The van der Waals surface area contributed by atoms with E-state index in [1.807, 2.05) is 24.3 Å². The predicted molar refractivity (Wildman–Crippen MR) is 72.8 cm³/mol. The number of hydrogen-bond acceptors (Lipinski definition) is 4. The van der Waals surface area contributed by atoms with Crippen LogP contribution in [0, 0.1) is 0 Å². The Labute approximate surface area is 110 Å². The summed E-state index contributed by atoms with van der Waals surface area (Å²) in [5.74, 6) is -0.118. The fourth-order valence-corrected chi connectivity index (χ4v) is 2.36. The highest BCUT2D eigenvalue weighted by Gasteiger charge is 2.28. The average molecular weight is 257 g/mol. The number of fused-ring (bicyclic) bond motifs is 1. The summed E-state index contributed by atoms with van der Waals surface area (Å²) in [4.78, 5) is 16.2. The van der Waals surface area contributed by atoms with Gasteiger partial charge in [0.15, 0.2) is 0 Å². The summed E-state index contributed by atoms with van der Waals surface area (Å²) in [6.45, 7) is 0.467. The lowest BCUT2D eigenvalue weighted by Gasteiger charge is -2.12. The zero-order chi connectivity index (χ0) is 13.2. The highest BCUT2D eigenvalue weighted by molar-refractivity contribution is 6.03. The molecule has 1 aliphatic rings. The van der Waals surface area contributed by atoms with Crippen LogP contribution in [0.25, 0.3) is 10.8 Å². The van der Waals surface area contributed by atoms with Crippen LogP contribution in [0.2, 0.25) is 0 Å². The zero-order valence-corrected chi connectivity index (χ0v) is 10.3. The summed E-state index contributed by atoms with van der Waals surface area (Å²) in [5, 5.41) is 17.3. The Morgan fingerprint density at radius 2 is 2.32 bits per heavy atom. The number of hydrogen-bond donors (Lipinski definition) is 3. The molecule has 3 rings (SSSR count). The van der Waals surface area contributed by atoms with E-state index in [0.717, 1.165) is 16.5 Å². The lowest BCUT2D eigenvalue weighted by Crippen LogP contribution is -2.35. The molecule has 2 heterocycles. The predicted octanol–water partition coefficient (Wildman–Crippen LogP) is 0.896. The van der Waals surface area contributed by atoms with Crippen LogP contribution in [0.15, 0.2) is 36.7 Å². The van der Waals surface area contributed by atoms with Crippen LogP contribution in [0.1, 0.15) is 6.42 Å². The number of aliphatic hydroxyl groups is 1. The third-order valence-corrected chi connectivity index (χ3v) is 3.37. The average Bonchev–Trinajstić information content (AvgIpc) is 2.86. The van der Waals surface area contributed by atoms with Gasteiger partial charge in [0, 0.05) is 24.3 Å². The molecule has 1 aliphatic heterocycles. The van der Waals surface area contributed by atoms with E-state index in [2.05, 4.69) is 15.6 Å². The number of nitrogens with one attached hydrogen (secondary N) is 2. The van der Waals surface area contributed by atoms with E-state index in [-0.39, 0.29) is 11.9 Å². The van der Waals surface area contributed by atoms with E-state index in [0.29, 0.717) is 13.0 Å². The number of β-amino-alcohol motifs (C(OH)–C–C–N with tert-alkyl or cyclic N) is 1. The Morgan fingerprint density at radius 3 is 3.11 bits per heavy atom. The molecule has 0 bridgehead atoms. The van der Waals surface area contributed by atoms with Gasteiger partial charge in [-0.1, -0.05) is 12.1 Å². The maximum Gasteiger partial charge on any atom is 0.241 e. The highest BCUT2D eigenvalue weighted by Crippen LogP contribution is 2.22. The molecule has 1 saturated heterocycles. The van der Waals surface area contributed by atoms with Gasteiger partial charge in [0.25, 0.3) is 0 Å². The summed E-state index contributed by atoms with van der Waals surface area (Å²) >= 11 is 0. The summed E-state index contributed by atoms with van der Waals surface area (Å²) in [6, 6.07) is 7.30. The van der Waals surface area contributed by atoms with Gasteiger partial charge in [-0.25, -0.2) is 0 Å². The van der Waals surface area contributed by atoms with Crippen molar-refractivity contribution in [3.8, 4) is 0 Å². The number of rotatable bonds is 2. The van der Waals surface area contributed by atoms with Gasteiger partial charge in [0.05, 0.1) is 17.8 Å². The first-order valence-electron chi connectivity index (χ1n) is 6.29. The number of anilines is 1. The number of nitrogens with zero attached hydrogens (tertiary/aromatic N) is 1. The molecule has 1 amide bonds. The smallest absolute Gasteiger partial charge is 0.241 e. The fraction of sp³-hybridized carbons (Fsp3) is 0.286. The van der Waals surface area contributed by atoms with E-state index in [1.54, 1.807) is 12.4 Å². The lowest BCUT2D eigenvalue weighted by molar-refractivity contribution is -0.117. The number of benzene rings is 1. The minimum Gasteiger partial charge on any atom is -0.392 e. The molecule has 0 saturated carbocycles. The summed E-state index contributed by atoms with van der Waals surface area (Å²) in [7, 11) is 0. The van der Waals surface area contributed by atoms with Crippen LogP contribution in [0.5, 0.6) is 0 Å². The van der Waals surface area contributed by atoms with Gasteiger partial charge in [-0.3, -0.25) is 9.78 Å². The van der Waals surface area contributed by atoms with Crippen molar-refractivity contribution in [2.75, 3.05) is 11.9 Å². The number of aliphatic hydroxyl groups excluding tert-OH is 1. The van der Waals surface area contributed by atoms with E-state index < -0.39 is 6.10 Å². The molecule has 0 aliphatic carbocycles. The third-order valence-electron chi connectivity index (χ3n) is 3.37. The maximum absolute atomic E-state index is 12.1. The monoisotopic (exact) mass is 257 g/mol. The van der Waals surface area contributed by atoms with Crippen LogP contribution < -0.4 is 10.6 Å². The summed E-state index contributed by atoms with van der Waals surface area (Å²) in [5.41, 5.74) is 0.749. The second-order valence-electron chi connectivity index (χ2n) is 4.74. The molecule has 1 fully saturated rings. The molecule has 3 N–H and O–H groups in total. The number of aromatic nitrogens is 1.